The van der Waals surface area contributed by atoms with Gasteiger partial charge in [0.1, 0.15) is 0 Å². The molecule has 0 spiro atoms. The molecular weight excluding hydrogens is 188 g/mol. The van der Waals surface area contributed by atoms with Crippen LogP contribution in [0.25, 0.3) is 0 Å². The number of carboxylic acid groups (broad SMARTS) is 1. The van der Waals surface area contributed by atoms with E-state index in [1.165, 1.54) is 12.1 Å². The molecule has 0 aliphatic heterocycles. The summed E-state index contributed by atoms with van der Waals surface area (Å²) in [4.78, 5) is 10.1. The van der Waals surface area contributed by atoms with Crippen LogP contribution in [0.1, 0.15) is 10.4 Å². The molecule has 6 N–H and O–H groups in total. The van der Waals surface area contributed by atoms with Crippen molar-refractivity contribution < 1.29 is 26.3 Å². The molecule has 0 heterocycles. The van der Waals surface area contributed by atoms with Gasteiger partial charge in [-0.2, -0.15) is 0 Å². The maximum atomic E-state index is 10.1. The van der Waals surface area contributed by atoms with Crippen LogP contribution in [0.15, 0.2) is 30.3 Å². The molecule has 0 saturated heterocycles. The molecule has 0 aromatic heterocycles. The van der Waals surface area contributed by atoms with Gasteiger partial charge in [0, 0.05) is 0 Å². The average molecular weight is 199 g/mol. The van der Waals surface area contributed by atoms with Crippen LogP contribution in [0.2, 0.25) is 0 Å². The first-order valence-corrected chi connectivity index (χ1v) is 2.57. The van der Waals surface area contributed by atoms with Crippen LogP contribution in [0.4, 0.5) is 0 Å². The van der Waals surface area contributed by atoms with E-state index < -0.39 is 5.97 Å². The van der Waals surface area contributed by atoms with E-state index in [0.717, 1.165) is 0 Å². The molecule has 0 aliphatic rings. The number of benzene rings is 1. The van der Waals surface area contributed by atoms with Gasteiger partial charge in [-0.1, -0.05) is 30.3 Å². The first-order chi connectivity index (χ1) is 4.30. The fourth-order valence-corrected chi connectivity index (χ4v) is 0.574. The fourth-order valence-electron chi connectivity index (χ4n) is 0.574. The second-order valence-electron chi connectivity index (χ2n) is 1.65. The Hall–Kier alpha value is -0.664. The zero-order valence-electron chi connectivity index (χ0n) is 6.91. The van der Waals surface area contributed by atoms with E-state index in [9.17, 15) is 9.90 Å². The smallest absolute Gasteiger partial charge is 0.545 e. The summed E-state index contributed by atoms with van der Waals surface area (Å²) in [6, 6.07) is 8.06. The van der Waals surface area contributed by atoms with Crippen LogP contribution in [0, 0.1) is 0 Å². The minimum Gasteiger partial charge on any atom is -0.545 e. The van der Waals surface area contributed by atoms with E-state index in [-0.39, 0.29) is 45.0 Å². The van der Waals surface area contributed by atoms with Gasteiger partial charge in [0.05, 0.1) is 5.97 Å². The van der Waals surface area contributed by atoms with Crippen LogP contribution in [0.3, 0.4) is 0 Å². The van der Waals surface area contributed by atoms with Gasteiger partial charge < -0.3 is 26.3 Å². The number of rotatable bonds is 1. The molecule has 0 bridgehead atoms. The predicted octanol–water partition coefficient (Wildman–Crippen LogP) is -2.80. The fraction of sp³-hybridized carbons (Fsp3) is 0. The Morgan fingerprint density at radius 3 is 1.62 bits per heavy atom. The molecule has 0 radical (unpaired) electrons. The van der Waals surface area contributed by atoms with Gasteiger partial charge in [-0.25, -0.2) is 0 Å². The molecule has 1 aromatic rings. The number of hydrogen-bond acceptors (Lipinski definition) is 2. The van der Waals surface area contributed by atoms with Crippen molar-refractivity contribution >= 4 is 29.0 Å². The van der Waals surface area contributed by atoms with Crippen molar-refractivity contribution in [2.45, 2.75) is 0 Å². The molecular formula is C7H11MgO5+. The van der Waals surface area contributed by atoms with Gasteiger partial charge in [0.15, 0.2) is 0 Å². The number of carboxylic acids is 1. The summed E-state index contributed by atoms with van der Waals surface area (Å²) >= 11 is 0. The molecule has 0 fully saturated rings. The van der Waals surface area contributed by atoms with Crippen LogP contribution in [-0.2, 0) is 0 Å². The largest absolute Gasteiger partial charge is 2.00 e. The Labute approximate surface area is 91.5 Å². The second kappa shape index (κ2) is 11.3. The van der Waals surface area contributed by atoms with Crippen molar-refractivity contribution in [3.05, 3.63) is 35.9 Å². The van der Waals surface area contributed by atoms with Gasteiger partial charge in [0.2, 0.25) is 0 Å². The number of carbonyl (C=O) groups is 1. The van der Waals surface area contributed by atoms with Crippen LogP contribution in [-0.4, -0.2) is 45.5 Å². The van der Waals surface area contributed by atoms with Crippen molar-refractivity contribution in [3.8, 4) is 0 Å². The molecule has 6 heteroatoms. The van der Waals surface area contributed by atoms with Gasteiger partial charge >= 0.3 is 23.1 Å². The second-order valence-corrected chi connectivity index (χ2v) is 1.65. The van der Waals surface area contributed by atoms with Crippen molar-refractivity contribution in [1.29, 1.82) is 0 Å². The molecule has 0 atom stereocenters. The Kier molecular flexibility index (Phi) is 19.9. The Morgan fingerprint density at radius 2 is 1.38 bits per heavy atom. The Balaban J connectivity index is -0.000000101. The average Bonchev–Trinajstić information content (AvgIpc) is 1.90. The SMILES string of the molecule is O.O.O.O=C([O-])c1ccccc1.[Mg+2]. The quantitative estimate of drug-likeness (QED) is 0.451. The monoisotopic (exact) mass is 199 g/mol. The van der Waals surface area contributed by atoms with E-state index in [2.05, 4.69) is 0 Å². The first-order valence-electron chi connectivity index (χ1n) is 2.57. The normalized spacial score (nSPS) is 6.15. The molecule has 0 saturated carbocycles. The van der Waals surface area contributed by atoms with Gasteiger partial charge in [-0.15, -0.1) is 0 Å². The summed E-state index contributed by atoms with van der Waals surface area (Å²) < 4.78 is 0. The Morgan fingerprint density at radius 1 is 1.00 bits per heavy atom. The molecule has 0 aliphatic carbocycles. The van der Waals surface area contributed by atoms with Crippen LogP contribution in [0.5, 0.6) is 0 Å². The summed E-state index contributed by atoms with van der Waals surface area (Å²) in [5, 5.41) is 10.1. The molecule has 1 rings (SSSR count). The summed E-state index contributed by atoms with van der Waals surface area (Å²) in [6.45, 7) is 0. The summed E-state index contributed by atoms with van der Waals surface area (Å²) in [6.07, 6.45) is 0. The van der Waals surface area contributed by atoms with Crippen LogP contribution < -0.4 is 5.11 Å². The summed E-state index contributed by atoms with van der Waals surface area (Å²) in [5.74, 6) is -1.13. The minimum atomic E-state index is -1.13. The minimum absolute atomic E-state index is 0. The van der Waals surface area contributed by atoms with Crippen molar-refractivity contribution in [3.63, 3.8) is 0 Å². The Bertz CT molecular complexity index is 213. The molecule has 70 valence electrons. The van der Waals surface area contributed by atoms with E-state index in [1.807, 2.05) is 0 Å². The van der Waals surface area contributed by atoms with E-state index in [0.29, 0.717) is 0 Å². The third-order valence-corrected chi connectivity index (χ3v) is 1.01. The van der Waals surface area contributed by atoms with Crippen molar-refractivity contribution in [2.75, 3.05) is 0 Å². The summed E-state index contributed by atoms with van der Waals surface area (Å²) in [7, 11) is 0. The van der Waals surface area contributed by atoms with Crippen LogP contribution >= 0.6 is 0 Å². The summed E-state index contributed by atoms with van der Waals surface area (Å²) in [5.41, 5.74) is 0.220. The number of aromatic carboxylic acids is 1. The first kappa shape index (κ1) is 22.8. The maximum Gasteiger partial charge on any atom is 2.00 e. The molecule has 5 nitrogen and oxygen atoms in total. The van der Waals surface area contributed by atoms with Crippen molar-refractivity contribution in [1.82, 2.24) is 0 Å². The topological polar surface area (TPSA) is 135 Å². The molecule has 0 unspecified atom stereocenters. The number of hydrogen-bond donors (Lipinski definition) is 0. The standard InChI is InChI=1S/C7H6O2.Mg.3H2O/c8-7(9)6-4-2-1-3-5-6;;;;/h1-5H,(H,8,9);;3*1H2/q;+2;;;/p-1. The zero-order valence-corrected chi connectivity index (χ0v) is 8.32. The predicted molar refractivity (Wildman–Crippen MR) is 47.4 cm³/mol. The molecule has 13 heavy (non-hydrogen) atoms. The van der Waals surface area contributed by atoms with Gasteiger partial charge in [-0.05, 0) is 5.56 Å². The van der Waals surface area contributed by atoms with E-state index in [4.69, 9.17) is 0 Å². The molecule has 1 aromatic carbocycles. The van der Waals surface area contributed by atoms with Gasteiger partial charge in [-0.3, -0.25) is 0 Å². The van der Waals surface area contributed by atoms with E-state index >= 15 is 0 Å². The van der Waals surface area contributed by atoms with Crippen molar-refractivity contribution in [2.24, 2.45) is 0 Å². The maximum absolute atomic E-state index is 10.1. The number of carbonyl (C=O) groups excluding carboxylic acids is 1. The third-order valence-electron chi connectivity index (χ3n) is 1.01. The van der Waals surface area contributed by atoms with E-state index in [1.54, 1.807) is 18.2 Å². The zero-order chi connectivity index (χ0) is 6.69. The molecule has 0 amide bonds. The third kappa shape index (κ3) is 7.69. The van der Waals surface area contributed by atoms with Gasteiger partial charge in [0.25, 0.3) is 0 Å².